The monoisotopic (exact) mass is 278 g/mol. The quantitative estimate of drug-likeness (QED) is 0.894. The lowest BCUT2D eigenvalue weighted by Crippen LogP contribution is -2.41. The molecule has 0 spiro atoms. The number of ether oxygens (including phenoxy) is 2. The largest absolute Gasteiger partial charge is 0.378 e. The second-order valence-corrected chi connectivity index (χ2v) is 5.61. The van der Waals surface area contributed by atoms with Gasteiger partial charge in [-0.15, -0.1) is 0 Å². The Hall–Kier alpha value is -1.40. The molecule has 3 rings (SSSR count). The molecule has 2 aliphatic rings. The number of nitrogens with zero attached hydrogens (tertiary/aromatic N) is 3. The van der Waals surface area contributed by atoms with Crippen LogP contribution in [0, 0.1) is 0 Å². The summed E-state index contributed by atoms with van der Waals surface area (Å²) >= 11 is 0. The van der Waals surface area contributed by atoms with Crippen LogP contribution < -0.4 is 10.2 Å². The lowest BCUT2D eigenvalue weighted by molar-refractivity contribution is 0.0209. The molecule has 0 radical (unpaired) electrons. The predicted octanol–water partition coefficient (Wildman–Crippen LogP) is 1.25. The molecule has 2 fully saturated rings. The van der Waals surface area contributed by atoms with E-state index in [1.165, 1.54) is 0 Å². The van der Waals surface area contributed by atoms with Gasteiger partial charge in [-0.3, -0.25) is 0 Å². The van der Waals surface area contributed by atoms with E-state index >= 15 is 0 Å². The van der Waals surface area contributed by atoms with Crippen molar-refractivity contribution in [2.24, 2.45) is 0 Å². The van der Waals surface area contributed by atoms with E-state index in [1.54, 1.807) is 0 Å². The maximum Gasteiger partial charge on any atom is 0.227 e. The average molecular weight is 278 g/mol. The van der Waals surface area contributed by atoms with Crippen molar-refractivity contribution in [2.75, 3.05) is 49.7 Å². The molecule has 0 aromatic carbocycles. The minimum absolute atomic E-state index is 0.377. The van der Waals surface area contributed by atoms with E-state index in [2.05, 4.69) is 29.0 Å². The highest BCUT2D eigenvalue weighted by Gasteiger charge is 2.21. The second kappa shape index (κ2) is 5.93. The number of aromatic nitrogens is 2. The highest BCUT2D eigenvalue weighted by atomic mass is 16.5. The Balaban J connectivity index is 1.82. The van der Waals surface area contributed by atoms with Crippen molar-refractivity contribution in [1.29, 1.82) is 0 Å². The molecular formula is C14H22N4O2. The van der Waals surface area contributed by atoms with Crippen LogP contribution in [0.2, 0.25) is 0 Å². The van der Waals surface area contributed by atoms with Gasteiger partial charge < -0.3 is 19.7 Å². The first-order chi connectivity index (χ1) is 9.72. The Bertz CT molecular complexity index is 456. The standard InChI is InChI=1S/C14H22N4O2/c1-10(2)12-7-13(15-11-8-20-9-11)17-14(16-12)18-3-5-19-6-4-18/h7,10-11H,3-6,8-9H2,1-2H3,(H,15,16,17). The molecular weight excluding hydrogens is 256 g/mol. The van der Waals surface area contributed by atoms with Crippen LogP contribution in [-0.4, -0.2) is 55.5 Å². The normalized spacial score (nSPS) is 20.1. The molecule has 6 heteroatoms. The van der Waals surface area contributed by atoms with Crippen molar-refractivity contribution in [3.8, 4) is 0 Å². The third-order valence-corrected chi connectivity index (χ3v) is 3.61. The summed E-state index contributed by atoms with van der Waals surface area (Å²) in [5, 5.41) is 3.42. The number of anilines is 2. The highest BCUT2D eigenvalue weighted by molar-refractivity contribution is 5.45. The fourth-order valence-corrected chi connectivity index (χ4v) is 2.26. The van der Waals surface area contributed by atoms with Crippen molar-refractivity contribution in [2.45, 2.75) is 25.8 Å². The van der Waals surface area contributed by atoms with Crippen molar-refractivity contribution < 1.29 is 9.47 Å². The van der Waals surface area contributed by atoms with Gasteiger partial charge >= 0.3 is 0 Å². The molecule has 0 bridgehead atoms. The summed E-state index contributed by atoms with van der Waals surface area (Å²) in [5.41, 5.74) is 1.07. The fourth-order valence-electron chi connectivity index (χ4n) is 2.26. The Morgan fingerprint density at radius 2 is 1.95 bits per heavy atom. The summed E-state index contributed by atoms with van der Waals surface area (Å²) in [6, 6.07) is 2.43. The van der Waals surface area contributed by atoms with Gasteiger partial charge in [0.1, 0.15) is 5.82 Å². The topological polar surface area (TPSA) is 59.5 Å². The van der Waals surface area contributed by atoms with Gasteiger partial charge in [-0.2, -0.15) is 4.98 Å². The van der Waals surface area contributed by atoms with Crippen LogP contribution in [0.15, 0.2) is 6.07 Å². The van der Waals surface area contributed by atoms with Crippen LogP contribution >= 0.6 is 0 Å². The molecule has 0 amide bonds. The lowest BCUT2D eigenvalue weighted by Gasteiger charge is -2.30. The first-order valence-electron chi connectivity index (χ1n) is 7.28. The van der Waals surface area contributed by atoms with Crippen LogP contribution in [0.25, 0.3) is 0 Å². The molecule has 2 saturated heterocycles. The molecule has 0 atom stereocenters. The Morgan fingerprint density at radius 1 is 1.20 bits per heavy atom. The number of morpholine rings is 1. The minimum Gasteiger partial charge on any atom is -0.378 e. The van der Waals surface area contributed by atoms with Crippen LogP contribution in [0.4, 0.5) is 11.8 Å². The summed E-state index contributed by atoms with van der Waals surface area (Å²) in [7, 11) is 0. The van der Waals surface area contributed by atoms with Crippen LogP contribution in [0.1, 0.15) is 25.5 Å². The molecule has 0 unspecified atom stereocenters. The van der Waals surface area contributed by atoms with Gasteiger partial charge in [0, 0.05) is 19.2 Å². The molecule has 0 aliphatic carbocycles. The molecule has 2 aliphatic heterocycles. The van der Waals surface area contributed by atoms with E-state index in [9.17, 15) is 0 Å². The maximum atomic E-state index is 5.39. The molecule has 20 heavy (non-hydrogen) atoms. The summed E-state index contributed by atoms with van der Waals surface area (Å²) < 4.78 is 10.6. The van der Waals surface area contributed by atoms with E-state index in [-0.39, 0.29) is 0 Å². The number of rotatable bonds is 4. The molecule has 3 heterocycles. The lowest BCUT2D eigenvalue weighted by atomic mass is 10.1. The number of nitrogens with one attached hydrogen (secondary N) is 1. The smallest absolute Gasteiger partial charge is 0.227 e. The van der Waals surface area contributed by atoms with Gasteiger partial charge in [0.25, 0.3) is 0 Å². The van der Waals surface area contributed by atoms with E-state index in [4.69, 9.17) is 14.5 Å². The van der Waals surface area contributed by atoms with Crippen molar-refractivity contribution in [1.82, 2.24) is 9.97 Å². The average Bonchev–Trinajstić information content (AvgIpc) is 2.43. The van der Waals surface area contributed by atoms with E-state index in [0.29, 0.717) is 12.0 Å². The van der Waals surface area contributed by atoms with Crippen LogP contribution in [0.5, 0.6) is 0 Å². The maximum absolute atomic E-state index is 5.39. The molecule has 0 saturated carbocycles. The van der Waals surface area contributed by atoms with Gasteiger partial charge in [0.2, 0.25) is 5.95 Å². The van der Waals surface area contributed by atoms with Crippen LogP contribution in [-0.2, 0) is 9.47 Å². The van der Waals surface area contributed by atoms with Gasteiger partial charge in [-0.1, -0.05) is 13.8 Å². The first kappa shape index (κ1) is 13.6. The van der Waals surface area contributed by atoms with Gasteiger partial charge in [-0.25, -0.2) is 4.98 Å². The van der Waals surface area contributed by atoms with E-state index < -0.39 is 0 Å². The van der Waals surface area contributed by atoms with Crippen molar-refractivity contribution in [3.05, 3.63) is 11.8 Å². The minimum atomic E-state index is 0.377. The number of hydrogen-bond donors (Lipinski definition) is 1. The summed E-state index contributed by atoms with van der Waals surface area (Å²) in [6.45, 7) is 9.02. The van der Waals surface area contributed by atoms with Crippen molar-refractivity contribution in [3.63, 3.8) is 0 Å². The second-order valence-electron chi connectivity index (χ2n) is 5.61. The summed E-state index contributed by atoms with van der Waals surface area (Å²) in [6.07, 6.45) is 0. The summed E-state index contributed by atoms with van der Waals surface area (Å²) in [4.78, 5) is 11.5. The van der Waals surface area contributed by atoms with E-state index in [1.807, 2.05) is 6.07 Å². The highest BCUT2D eigenvalue weighted by Crippen LogP contribution is 2.21. The SMILES string of the molecule is CC(C)c1cc(NC2COC2)nc(N2CCOCC2)n1. The van der Waals surface area contributed by atoms with Gasteiger partial charge in [-0.05, 0) is 5.92 Å². The predicted molar refractivity (Wildman–Crippen MR) is 77.4 cm³/mol. The Labute approximate surface area is 119 Å². The first-order valence-corrected chi connectivity index (χ1v) is 7.28. The molecule has 1 aromatic heterocycles. The fraction of sp³-hybridized carbons (Fsp3) is 0.714. The van der Waals surface area contributed by atoms with Gasteiger partial charge in [0.05, 0.1) is 38.2 Å². The Kier molecular flexibility index (Phi) is 4.03. The van der Waals surface area contributed by atoms with Crippen LogP contribution in [0.3, 0.4) is 0 Å². The third kappa shape index (κ3) is 3.02. The summed E-state index contributed by atoms with van der Waals surface area (Å²) in [5.74, 6) is 2.09. The zero-order chi connectivity index (χ0) is 13.9. The zero-order valence-electron chi connectivity index (χ0n) is 12.1. The zero-order valence-corrected chi connectivity index (χ0v) is 12.1. The van der Waals surface area contributed by atoms with Gasteiger partial charge in [0.15, 0.2) is 0 Å². The molecule has 1 N–H and O–H groups in total. The number of hydrogen-bond acceptors (Lipinski definition) is 6. The molecule has 6 nitrogen and oxygen atoms in total. The van der Waals surface area contributed by atoms with E-state index in [0.717, 1.165) is 57.0 Å². The molecule has 1 aromatic rings. The van der Waals surface area contributed by atoms with Crippen molar-refractivity contribution >= 4 is 11.8 Å². The Morgan fingerprint density at radius 3 is 2.55 bits per heavy atom. The third-order valence-electron chi connectivity index (χ3n) is 3.61. The molecule has 110 valence electrons.